The molecule has 0 saturated heterocycles. The van der Waals surface area contributed by atoms with Crippen LogP contribution < -0.4 is 5.73 Å². The van der Waals surface area contributed by atoms with E-state index in [2.05, 4.69) is 4.98 Å². The molecule has 4 heteroatoms. The van der Waals surface area contributed by atoms with Gasteiger partial charge in [0, 0.05) is 12.7 Å². The fraction of sp³-hybridized carbons (Fsp3) is 0.308. The van der Waals surface area contributed by atoms with E-state index in [0.717, 1.165) is 11.3 Å². The summed E-state index contributed by atoms with van der Waals surface area (Å²) < 4.78 is 1.86. The van der Waals surface area contributed by atoms with Crippen molar-refractivity contribution in [2.45, 2.75) is 19.1 Å². The van der Waals surface area contributed by atoms with Crippen molar-refractivity contribution in [3.05, 3.63) is 54.1 Å². The lowest BCUT2D eigenvalue weighted by atomic mass is 9.94. The van der Waals surface area contributed by atoms with Crippen molar-refractivity contribution in [1.29, 1.82) is 0 Å². The number of hydrogen-bond donors (Lipinski definition) is 2. The van der Waals surface area contributed by atoms with Crippen molar-refractivity contribution < 1.29 is 5.11 Å². The summed E-state index contributed by atoms with van der Waals surface area (Å²) in [5.74, 6) is 0. The maximum absolute atomic E-state index is 10.6. The smallest absolute Gasteiger partial charge is 0.120 e. The molecule has 0 aliphatic carbocycles. The number of benzene rings is 1. The Balaban J connectivity index is 2.26. The van der Waals surface area contributed by atoms with Crippen LogP contribution in [0.5, 0.6) is 0 Å². The van der Waals surface area contributed by atoms with Gasteiger partial charge in [-0.15, -0.1) is 0 Å². The zero-order valence-corrected chi connectivity index (χ0v) is 9.87. The van der Waals surface area contributed by atoms with Crippen molar-refractivity contribution >= 4 is 0 Å². The van der Waals surface area contributed by atoms with Crippen molar-refractivity contribution in [3.63, 3.8) is 0 Å². The standard InChI is InChI=1S/C13H17N3O/c1-11-7-16(10-15-11)9-13(17,8-14)12-5-3-2-4-6-12/h2-7,10,17H,8-9,14H2,1H3. The van der Waals surface area contributed by atoms with Gasteiger partial charge in [-0.05, 0) is 12.5 Å². The molecule has 0 spiro atoms. The van der Waals surface area contributed by atoms with Gasteiger partial charge in [0.05, 0.1) is 18.6 Å². The molecular weight excluding hydrogens is 214 g/mol. The molecule has 1 unspecified atom stereocenters. The Morgan fingerprint density at radius 2 is 2.06 bits per heavy atom. The number of aromatic nitrogens is 2. The first kappa shape index (κ1) is 11.8. The first-order valence-corrected chi connectivity index (χ1v) is 5.60. The third-order valence-corrected chi connectivity index (χ3v) is 2.86. The summed E-state index contributed by atoms with van der Waals surface area (Å²) in [7, 11) is 0. The minimum absolute atomic E-state index is 0.175. The van der Waals surface area contributed by atoms with Gasteiger partial charge in [0.2, 0.25) is 0 Å². The number of imidazole rings is 1. The molecule has 90 valence electrons. The molecule has 4 nitrogen and oxygen atoms in total. The van der Waals surface area contributed by atoms with Gasteiger partial charge >= 0.3 is 0 Å². The fourth-order valence-corrected chi connectivity index (χ4v) is 1.88. The Morgan fingerprint density at radius 3 is 2.59 bits per heavy atom. The van der Waals surface area contributed by atoms with Crippen LogP contribution in [0.3, 0.4) is 0 Å². The van der Waals surface area contributed by atoms with Crippen LogP contribution in [0.1, 0.15) is 11.3 Å². The van der Waals surface area contributed by atoms with E-state index < -0.39 is 5.60 Å². The highest BCUT2D eigenvalue weighted by molar-refractivity contribution is 5.22. The minimum atomic E-state index is -1.05. The summed E-state index contributed by atoms with van der Waals surface area (Å²) in [5.41, 5.74) is 6.42. The van der Waals surface area contributed by atoms with Crippen molar-refractivity contribution in [3.8, 4) is 0 Å². The Hall–Kier alpha value is -1.65. The van der Waals surface area contributed by atoms with E-state index >= 15 is 0 Å². The van der Waals surface area contributed by atoms with Gasteiger partial charge in [-0.3, -0.25) is 0 Å². The predicted octanol–water partition coefficient (Wildman–Crippen LogP) is 1.04. The van der Waals surface area contributed by atoms with Crippen LogP contribution in [-0.4, -0.2) is 21.2 Å². The number of hydrogen-bond acceptors (Lipinski definition) is 3. The van der Waals surface area contributed by atoms with E-state index in [9.17, 15) is 5.11 Å². The minimum Gasteiger partial charge on any atom is -0.382 e. The van der Waals surface area contributed by atoms with Gasteiger partial charge in [0.15, 0.2) is 0 Å². The Bertz CT molecular complexity index is 480. The number of rotatable bonds is 4. The van der Waals surface area contributed by atoms with Gasteiger partial charge in [-0.25, -0.2) is 4.98 Å². The second-order valence-corrected chi connectivity index (χ2v) is 4.29. The quantitative estimate of drug-likeness (QED) is 0.826. The highest BCUT2D eigenvalue weighted by atomic mass is 16.3. The summed E-state index contributed by atoms with van der Waals surface area (Å²) in [6.07, 6.45) is 3.60. The van der Waals surface area contributed by atoms with E-state index in [4.69, 9.17) is 5.73 Å². The molecule has 3 N–H and O–H groups in total. The first-order valence-electron chi connectivity index (χ1n) is 5.60. The van der Waals surface area contributed by atoms with Crippen LogP contribution in [0.25, 0.3) is 0 Å². The molecule has 1 aromatic heterocycles. The molecule has 1 aromatic carbocycles. The lowest BCUT2D eigenvalue weighted by Crippen LogP contribution is -2.38. The molecule has 0 radical (unpaired) electrons. The zero-order chi connectivity index (χ0) is 12.3. The molecule has 0 aliphatic heterocycles. The number of nitrogens with zero attached hydrogens (tertiary/aromatic N) is 2. The summed E-state index contributed by atoms with van der Waals surface area (Å²) >= 11 is 0. The van der Waals surface area contributed by atoms with E-state index in [1.54, 1.807) is 6.33 Å². The van der Waals surface area contributed by atoms with E-state index in [0.29, 0.717) is 6.54 Å². The average molecular weight is 231 g/mol. The second-order valence-electron chi connectivity index (χ2n) is 4.29. The number of aryl methyl sites for hydroxylation is 1. The summed E-state index contributed by atoms with van der Waals surface area (Å²) in [6, 6.07) is 9.49. The van der Waals surface area contributed by atoms with Crippen LogP contribution in [0.15, 0.2) is 42.9 Å². The summed E-state index contributed by atoms with van der Waals surface area (Å²) in [4.78, 5) is 4.14. The van der Waals surface area contributed by atoms with E-state index in [-0.39, 0.29) is 6.54 Å². The summed E-state index contributed by atoms with van der Waals surface area (Å²) in [6.45, 7) is 2.50. The zero-order valence-electron chi connectivity index (χ0n) is 9.87. The number of aliphatic hydroxyl groups is 1. The number of nitrogens with two attached hydrogens (primary N) is 1. The average Bonchev–Trinajstić information content (AvgIpc) is 2.75. The SMILES string of the molecule is Cc1cn(CC(O)(CN)c2ccccc2)cn1. The third kappa shape index (κ3) is 2.54. The van der Waals surface area contributed by atoms with Crippen LogP contribution in [0.4, 0.5) is 0 Å². The Kier molecular flexibility index (Phi) is 3.26. The molecule has 1 atom stereocenters. The molecule has 0 amide bonds. The largest absolute Gasteiger partial charge is 0.382 e. The van der Waals surface area contributed by atoms with Gasteiger partial charge in [0.25, 0.3) is 0 Å². The van der Waals surface area contributed by atoms with Gasteiger partial charge in [-0.1, -0.05) is 30.3 Å². The lowest BCUT2D eigenvalue weighted by Gasteiger charge is -2.27. The molecule has 2 aromatic rings. The van der Waals surface area contributed by atoms with Crippen molar-refractivity contribution in [2.75, 3.05) is 6.54 Å². The lowest BCUT2D eigenvalue weighted by molar-refractivity contribution is 0.0275. The van der Waals surface area contributed by atoms with E-state index in [1.807, 2.05) is 48.0 Å². The molecule has 0 aliphatic rings. The molecule has 2 rings (SSSR count). The summed E-state index contributed by atoms with van der Waals surface area (Å²) in [5, 5.41) is 10.6. The predicted molar refractivity (Wildman–Crippen MR) is 66.4 cm³/mol. The Morgan fingerprint density at radius 1 is 1.35 bits per heavy atom. The van der Waals surface area contributed by atoms with E-state index in [1.165, 1.54) is 0 Å². The monoisotopic (exact) mass is 231 g/mol. The topological polar surface area (TPSA) is 64.1 Å². The highest BCUT2D eigenvalue weighted by Crippen LogP contribution is 2.22. The normalized spacial score (nSPS) is 14.5. The molecular formula is C13H17N3O. The molecule has 17 heavy (non-hydrogen) atoms. The van der Waals surface area contributed by atoms with Gasteiger partial charge in [0.1, 0.15) is 5.60 Å². The molecule has 1 heterocycles. The third-order valence-electron chi connectivity index (χ3n) is 2.86. The van der Waals surface area contributed by atoms with Crippen molar-refractivity contribution in [2.24, 2.45) is 5.73 Å². The molecule has 0 saturated carbocycles. The molecule has 0 bridgehead atoms. The van der Waals surface area contributed by atoms with Crippen molar-refractivity contribution in [1.82, 2.24) is 9.55 Å². The van der Waals surface area contributed by atoms with Gasteiger partial charge in [-0.2, -0.15) is 0 Å². The van der Waals surface area contributed by atoms with Crippen LogP contribution in [-0.2, 0) is 12.1 Å². The maximum Gasteiger partial charge on any atom is 0.120 e. The van der Waals surface area contributed by atoms with Crippen LogP contribution >= 0.6 is 0 Å². The second kappa shape index (κ2) is 4.69. The van der Waals surface area contributed by atoms with Crippen LogP contribution in [0.2, 0.25) is 0 Å². The fourth-order valence-electron chi connectivity index (χ4n) is 1.88. The maximum atomic E-state index is 10.6. The van der Waals surface area contributed by atoms with Gasteiger partial charge < -0.3 is 15.4 Å². The Labute approximate surface area is 101 Å². The molecule has 0 fully saturated rings. The first-order chi connectivity index (χ1) is 8.14. The highest BCUT2D eigenvalue weighted by Gasteiger charge is 2.27. The van der Waals surface area contributed by atoms with Crippen LogP contribution in [0, 0.1) is 6.92 Å².